The van der Waals surface area contributed by atoms with E-state index in [1.54, 1.807) is 23.2 Å². The zero-order valence-electron chi connectivity index (χ0n) is 19.0. The molecule has 2 aromatic rings. The molecule has 0 amide bonds. The Labute approximate surface area is 204 Å². The fraction of sp³-hybridized carbons (Fsp3) is 0.375. The van der Waals surface area contributed by atoms with Crippen LogP contribution in [0, 0.1) is 0 Å². The lowest BCUT2D eigenvalue weighted by Crippen LogP contribution is -2.38. The number of allylic oxidation sites excluding steroid dienone is 2. The lowest BCUT2D eigenvalue weighted by atomic mass is 10.2. The minimum atomic E-state index is -4.27. The van der Waals surface area contributed by atoms with E-state index in [0.717, 1.165) is 56.3 Å². The summed E-state index contributed by atoms with van der Waals surface area (Å²) in [6, 6.07) is 7.71. The smallest absolute Gasteiger partial charge is 0.387 e. The lowest BCUT2D eigenvalue weighted by Gasteiger charge is -2.27. The van der Waals surface area contributed by atoms with Crippen molar-refractivity contribution < 1.29 is 22.3 Å². The quantitative estimate of drug-likeness (QED) is 0.365. The second-order valence-corrected chi connectivity index (χ2v) is 11.5. The Morgan fingerprint density at radius 3 is 2.79 bits per heavy atom. The zero-order valence-corrected chi connectivity index (χ0v) is 21.5. The van der Waals surface area contributed by atoms with Crippen molar-refractivity contribution >= 4 is 51.1 Å². The fourth-order valence-electron chi connectivity index (χ4n) is 4.03. The summed E-state index contributed by atoms with van der Waals surface area (Å²) in [6.07, 6.45) is 10.4. The highest BCUT2D eigenvalue weighted by Gasteiger charge is 2.37. The molecule has 3 heterocycles. The van der Waals surface area contributed by atoms with E-state index in [4.69, 9.17) is 4.74 Å². The van der Waals surface area contributed by atoms with Crippen LogP contribution in [-0.4, -0.2) is 25.0 Å². The molecule has 1 aromatic heterocycles. The van der Waals surface area contributed by atoms with Crippen molar-refractivity contribution in [2.24, 2.45) is 0 Å². The molecule has 0 spiro atoms. The van der Waals surface area contributed by atoms with Gasteiger partial charge in [0.15, 0.2) is 11.9 Å². The third-order valence-corrected chi connectivity index (χ3v) is 8.95. The van der Waals surface area contributed by atoms with Gasteiger partial charge in [0.2, 0.25) is 0 Å². The highest BCUT2D eigenvalue weighted by molar-refractivity contribution is 8.03. The lowest BCUT2D eigenvalue weighted by molar-refractivity contribution is -0.698. The second kappa shape index (κ2) is 10.0. The molecular weight excluding hydrogens is 476 g/mol. The number of benzene rings is 1. The van der Waals surface area contributed by atoms with Crippen LogP contribution < -0.4 is 14.2 Å². The normalized spacial score (nSPS) is 17.8. The Balaban J connectivity index is 1.79. The number of fused-ring (bicyclic) bond motifs is 2. The molecule has 1 N–H and O–H groups in total. The number of aromatic nitrogens is 1. The van der Waals surface area contributed by atoms with Crippen LogP contribution in [0.5, 0.6) is 5.88 Å². The van der Waals surface area contributed by atoms with Crippen molar-refractivity contribution in [3.8, 4) is 5.88 Å². The van der Waals surface area contributed by atoms with Crippen LogP contribution in [0.25, 0.3) is 12.2 Å². The van der Waals surface area contributed by atoms with E-state index < -0.39 is 15.5 Å². The topological polar surface area (TPSA) is 70.7 Å². The van der Waals surface area contributed by atoms with Crippen molar-refractivity contribution in [2.45, 2.75) is 56.8 Å². The van der Waals surface area contributed by atoms with Crippen molar-refractivity contribution in [1.29, 1.82) is 0 Å². The molecule has 4 rings (SSSR count). The third kappa shape index (κ3) is 4.91. The molecule has 0 fully saturated rings. The van der Waals surface area contributed by atoms with Crippen molar-refractivity contribution in [3.05, 3.63) is 56.9 Å². The summed E-state index contributed by atoms with van der Waals surface area (Å²) in [6.45, 7) is 7.46. The van der Waals surface area contributed by atoms with Gasteiger partial charge in [0.1, 0.15) is 11.5 Å². The Bertz CT molecular complexity index is 1230. The van der Waals surface area contributed by atoms with Crippen LogP contribution in [-0.2, 0) is 16.7 Å². The molecule has 2 aliphatic heterocycles. The number of ether oxygens (including phenoxy) is 1. The second-order valence-electron chi connectivity index (χ2n) is 7.85. The third-order valence-electron chi connectivity index (χ3n) is 5.55. The molecule has 1 atom stereocenters. The van der Waals surface area contributed by atoms with E-state index in [-0.39, 0.29) is 6.42 Å². The number of hydrogen-bond acceptors (Lipinski definition) is 6. The van der Waals surface area contributed by atoms with Gasteiger partial charge in [0, 0.05) is 17.4 Å². The van der Waals surface area contributed by atoms with Gasteiger partial charge in [-0.05, 0) is 48.8 Å². The van der Waals surface area contributed by atoms with E-state index in [0.29, 0.717) is 6.61 Å². The molecule has 6 nitrogen and oxygen atoms in total. The molecule has 0 saturated carbocycles. The Hall–Kier alpha value is -2.07. The standard InChI is InChI=1S/C24H28N2O4S3/c1-4-13-25-21(32-20-12-9-14-30-24(20)25)15-17(5-2)16-22-26(23(6-3)33(27,28)29)18-10-7-8-11-19(18)31-22/h7-12,15-16,23H,4-6,13-14H2,1-3H3/p+1. The van der Waals surface area contributed by atoms with Gasteiger partial charge in [-0.1, -0.05) is 56.0 Å². The van der Waals surface area contributed by atoms with Gasteiger partial charge in [-0.15, -0.1) is 0 Å². The van der Waals surface area contributed by atoms with Gasteiger partial charge in [-0.3, -0.25) is 4.55 Å². The SMILES string of the molecule is CCC[n+]1c(C=C(C=C2Sc3ccccc3N2C(CC)S(=O)(=O)O)CC)sc2c1OCC=C2. The van der Waals surface area contributed by atoms with E-state index in [2.05, 4.69) is 30.6 Å². The first kappa shape index (κ1) is 24.1. The predicted molar refractivity (Wildman–Crippen MR) is 136 cm³/mol. The summed E-state index contributed by atoms with van der Waals surface area (Å²) >= 11 is 3.23. The first-order valence-electron chi connectivity index (χ1n) is 11.2. The Morgan fingerprint density at radius 2 is 2.09 bits per heavy atom. The first-order chi connectivity index (χ1) is 15.9. The van der Waals surface area contributed by atoms with E-state index in [1.807, 2.05) is 36.4 Å². The average molecular weight is 506 g/mol. The molecule has 176 valence electrons. The number of thioether (sulfide) groups is 1. The van der Waals surface area contributed by atoms with Crippen LogP contribution in [0.3, 0.4) is 0 Å². The monoisotopic (exact) mass is 505 g/mol. The molecule has 0 radical (unpaired) electrons. The molecule has 1 unspecified atom stereocenters. The highest BCUT2D eigenvalue weighted by Crippen LogP contribution is 2.48. The van der Waals surface area contributed by atoms with Crippen LogP contribution in [0.15, 0.2) is 51.9 Å². The largest absolute Gasteiger partial charge is 0.439 e. The minimum absolute atomic E-state index is 0.272. The van der Waals surface area contributed by atoms with E-state index in [9.17, 15) is 13.0 Å². The highest BCUT2D eigenvalue weighted by atomic mass is 32.2. The molecule has 0 saturated heterocycles. The number of para-hydroxylation sites is 1. The van der Waals surface area contributed by atoms with Crippen molar-refractivity contribution in [1.82, 2.24) is 0 Å². The summed E-state index contributed by atoms with van der Waals surface area (Å²) in [5.74, 6) is 0.917. The summed E-state index contributed by atoms with van der Waals surface area (Å²) in [5, 5.41) is 0.875. The molecular formula is C24H29N2O4S3+. The van der Waals surface area contributed by atoms with Crippen LogP contribution in [0.2, 0.25) is 0 Å². The van der Waals surface area contributed by atoms with Crippen LogP contribution in [0.4, 0.5) is 5.69 Å². The van der Waals surface area contributed by atoms with Gasteiger partial charge in [-0.25, -0.2) is 0 Å². The average Bonchev–Trinajstić information content (AvgIpc) is 3.31. The maximum Gasteiger partial charge on any atom is 0.387 e. The number of hydrogen-bond donors (Lipinski definition) is 1. The predicted octanol–water partition coefficient (Wildman–Crippen LogP) is 5.72. The van der Waals surface area contributed by atoms with Gasteiger partial charge in [0.05, 0.1) is 10.7 Å². The minimum Gasteiger partial charge on any atom is -0.439 e. The number of rotatable bonds is 8. The van der Waals surface area contributed by atoms with Gasteiger partial charge < -0.3 is 9.64 Å². The zero-order chi connectivity index (χ0) is 23.6. The summed E-state index contributed by atoms with van der Waals surface area (Å²) in [7, 11) is -4.27. The molecule has 0 aliphatic carbocycles. The molecule has 9 heteroatoms. The molecule has 2 aliphatic rings. The number of nitrogens with zero attached hydrogens (tertiary/aromatic N) is 2. The van der Waals surface area contributed by atoms with Gasteiger partial charge in [-0.2, -0.15) is 13.0 Å². The Kier molecular flexibility index (Phi) is 7.33. The van der Waals surface area contributed by atoms with Crippen LogP contribution in [0.1, 0.15) is 49.9 Å². The summed E-state index contributed by atoms with van der Waals surface area (Å²) < 4.78 is 42.5. The van der Waals surface area contributed by atoms with Crippen molar-refractivity contribution in [2.75, 3.05) is 11.5 Å². The molecule has 0 bridgehead atoms. The maximum atomic E-state index is 12.2. The fourth-order valence-corrected chi connectivity index (χ4v) is 7.33. The number of thiazole rings is 1. The van der Waals surface area contributed by atoms with E-state index in [1.165, 1.54) is 11.8 Å². The molecule has 33 heavy (non-hydrogen) atoms. The van der Waals surface area contributed by atoms with Gasteiger partial charge >= 0.3 is 5.88 Å². The summed E-state index contributed by atoms with van der Waals surface area (Å²) in [5.41, 5.74) is 1.88. The molecule has 1 aromatic carbocycles. The number of anilines is 1. The summed E-state index contributed by atoms with van der Waals surface area (Å²) in [4.78, 5) is 3.85. The first-order valence-corrected chi connectivity index (χ1v) is 14.3. The Morgan fingerprint density at radius 1 is 1.30 bits per heavy atom. The van der Waals surface area contributed by atoms with Crippen molar-refractivity contribution in [3.63, 3.8) is 0 Å². The van der Waals surface area contributed by atoms with E-state index >= 15 is 0 Å². The van der Waals surface area contributed by atoms with Crippen LogP contribution >= 0.6 is 23.1 Å². The van der Waals surface area contributed by atoms with Gasteiger partial charge in [0.25, 0.3) is 15.1 Å². The maximum absolute atomic E-state index is 12.2.